The highest BCUT2D eigenvalue weighted by atomic mass is 35.5. The Kier molecular flexibility index (Phi) is 7.29. The summed E-state index contributed by atoms with van der Waals surface area (Å²) in [6, 6.07) is 10.4. The third kappa shape index (κ3) is 5.16. The van der Waals surface area contributed by atoms with Crippen LogP contribution in [0.4, 0.5) is 11.4 Å². The minimum atomic E-state index is -1.01. The predicted octanol–water partition coefficient (Wildman–Crippen LogP) is 4.63. The molecule has 2 aromatic carbocycles. The van der Waals surface area contributed by atoms with Gasteiger partial charge in [0.05, 0.1) is 17.8 Å². The molecule has 3 N–H and O–H groups in total. The van der Waals surface area contributed by atoms with Crippen LogP contribution in [0.25, 0.3) is 0 Å². The van der Waals surface area contributed by atoms with Crippen molar-refractivity contribution in [2.75, 3.05) is 18.2 Å². The van der Waals surface area contributed by atoms with Gasteiger partial charge in [-0.15, -0.1) is 0 Å². The first-order valence-corrected chi connectivity index (χ1v) is 9.39. The van der Waals surface area contributed by atoms with Crippen LogP contribution in [-0.2, 0) is 9.53 Å². The van der Waals surface area contributed by atoms with Gasteiger partial charge in [-0.25, -0.2) is 4.79 Å². The van der Waals surface area contributed by atoms with Crippen LogP contribution in [0.15, 0.2) is 36.4 Å². The Bertz CT molecular complexity index is 852. The van der Waals surface area contributed by atoms with Crippen molar-refractivity contribution in [2.24, 2.45) is 0 Å². The van der Waals surface area contributed by atoms with Gasteiger partial charge in [-0.1, -0.05) is 37.6 Å². The van der Waals surface area contributed by atoms with Gasteiger partial charge in [-0.2, -0.15) is 0 Å². The number of carbonyl (C=O) groups excluding carboxylic acids is 2. The average Bonchev–Trinajstić information content (AvgIpc) is 2.69. The number of hydrogen-bond donors (Lipinski definition) is 2. The first-order chi connectivity index (χ1) is 13.3. The first-order valence-electron chi connectivity index (χ1n) is 9.01. The molecule has 0 aliphatic heterocycles. The molecule has 0 aliphatic carbocycles. The first kappa shape index (κ1) is 21.6. The van der Waals surface area contributed by atoms with E-state index in [-0.39, 0.29) is 22.0 Å². The lowest BCUT2D eigenvalue weighted by atomic mass is 9.99. The quantitative estimate of drug-likeness (QED) is 0.518. The smallest absolute Gasteiger partial charge is 0.342 e. The van der Waals surface area contributed by atoms with Crippen LogP contribution in [0.1, 0.15) is 49.0 Å². The fourth-order valence-electron chi connectivity index (χ4n) is 2.55. The lowest BCUT2D eigenvalue weighted by Crippen LogP contribution is -2.30. The number of rotatable bonds is 7. The van der Waals surface area contributed by atoms with Gasteiger partial charge in [0, 0.05) is 11.8 Å². The van der Waals surface area contributed by atoms with Crippen LogP contribution in [-0.4, -0.2) is 25.1 Å². The molecule has 2 unspecified atom stereocenters. The minimum absolute atomic E-state index is 0.0965. The molecule has 6 nitrogen and oxygen atoms in total. The molecule has 0 saturated heterocycles. The maximum atomic E-state index is 12.4. The molecule has 0 heterocycles. The standard InChI is InChI=1S/C21H25ClN2O4/c1-5-12(2)14-6-8-15(9-7-14)24-20(25)13(3)28-21(26)16-10-17(22)18(23)11-19(16)27-4/h6-13H,5,23H2,1-4H3,(H,24,25). The van der Waals surface area contributed by atoms with Gasteiger partial charge in [0.25, 0.3) is 5.91 Å². The van der Waals surface area contributed by atoms with Gasteiger partial charge in [0.15, 0.2) is 6.10 Å². The number of esters is 1. The van der Waals surface area contributed by atoms with Crippen molar-refractivity contribution in [1.29, 1.82) is 0 Å². The number of benzene rings is 2. The second kappa shape index (κ2) is 9.46. The summed E-state index contributed by atoms with van der Waals surface area (Å²) < 4.78 is 10.4. The van der Waals surface area contributed by atoms with Gasteiger partial charge in [-0.05, 0) is 43.0 Å². The number of nitrogens with two attached hydrogens (primary N) is 1. The normalized spacial score (nSPS) is 12.8. The van der Waals surface area contributed by atoms with E-state index in [1.54, 1.807) is 0 Å². The maximum Gasteiger partial charge on any atom is 0.342 e. The molecule has 1 amide bonds. The van der Waals surface area contributed by atoms with E-state index < -0.39 is 18.0 Å². The van der Waals surface area contributed by atoms with E-state index in [0.717, 1.165) is 6.42 Å². The van der Waals surface area contributed by atoms with Crippen LogP contribution in [0.5, 0.6) is 5.75 Å². The summed E-state index contributed by atoms with van der Waals surface area (Å²) >= 11 is 5.97. The van der Waals surface area contributed by atoms with Gasteiger partial charge in [0.1, 0.15) is 11.3 Å². The van der Waals surface area contributed by atoms with Crippen LogP contribution >= 0.6 is 11.6 Å². The number of anilines is 2. The largest absolute Gasteiger partial charge is 0.496 e. The number of ether oxygens (including phenoxy) is 2. The molecule has 7 heteroatoms. The number of amides is 1. The lowest BCUT2D eigenvalue weighted by Gasteiger charge is -2.16. The minimum Gasteiger partial charge on any atom is -0.496 e. The lowest BCUT2D eigenvalue weighted by molar-refractivity contribution is -0.123. The highest BCUT2D eigenvalue weighted by molar-refractivity contribution is 6.33. The summed E-state index contributed by atoms with van der Waals surface area (Å²) in [7, 11) is 1.40. The maximum absolute atomic E-state index is 12.4. The highest BCUT2D eigenvalue weighted by Gasteiger charge is 2.22. The topological polar surface area (TPSA) is 90.7 Å². The molecule has 0 aromatic heterocycles. The molecular formula is C21H25ClN2O4. The number of halogens is 1. The molecule has 0 radical (unpaired) electrons. The van der Waals surface area contributed by atoms with Crippen molar-refractivity contribution in [3.05, 3.63) is 52.5 Å². The van der Waals surface area contributed by atoms with Crippen molar-refractivity contribution in [3.63, 3.8) is 0 Å². The zero-order valence-corrected chi connectivity index (χ0v) is 17.2. The van der Waals surface area contributed by atoms with Crippen LogP contribution in [0, 0.1) is 0 Å². The Morgan fingerprint density at radius 1 is 1.18 bits per heavy atom. The predicted molar refractivity (Wildman–Crippen MR) is 111 cm³/mol. The zero-order valence-electron chi connectivity index (χ0n) is 16.4. The van der Waals surface area contributed by atoms with Crippen LogP contribution in [0.3, 0.4) is 0 Å². The number of nitrogen functional groups attached to an aromatic ring is 1. The molecule has 2 aromatic rings. The van der Waals surface area contributed by atoms with E-state index in [4.69, 9.17) is 26.8 Å². The van der Waals surface area contributed by atoms with Crippen molar-refractivity contribution >= 4 is 34.9 Å². The number of nitrogens with one attached hydrogen (secondary N) is 1. The Morgan fingerprint density at radius 2 is 1.82 bits per heavy atom. The van der Waals surface area contributed by atoms with E-state index in [9.17, 15) is 9.59 Å². The molecule has 0 fully saturated rings. The fourth-order valence-corrected chi connectivity index (χ4v) is 2.71. The zero-order chi connectivity index (χ0) is 20.8. The van der Waals surface area contributed by atoms with E-state index in [0.29, 0.717) is 11.6 Å². The summed E-state index contributed by atoms with van der Waals surface area (Å²) in [6.45, 7) is 5.76. The molecule has 2 rings (SSSR count). The monoisotopic (exact) mass is 404 g/mol. The number of methoxy groups -OCH3 is 1. The van der Waals surface area contributed by atoms with Crippen LogP contribution in [0.2, 0.25) is 5.02 Å². The Labute approximate surface area is 170 Å². The van der Waals surface area contributed by atoms with Gasteiger partial charge < -0.3 is 20.5 Å². The highest BCUT2D eigenvalue weighted by Crippen LogP contribution is 2.29. The summed E-state index contributed by atoms with van der Waals surface area (Å²) in [5.74, 6) is -0.495. The van der Waals surface area contributed by atoms with E-state index in [1.807, 2.05) is 24.3 Å². The molecule has 28 heavy (non-hydrogen) atoms. The molecule has 0 spiro atoms. The molecular weight excluding hydrogens is 380 g/mol. The summed E-state index contributed by atoms with van der Waals surface area (Å²) in [5.41, 5.74) is 7.92. The van der Waals surface area contributed by atoms with Crippen LogP contribution < -0.4 is 15.8 Å². The van der Waals surface area contributed by atoms with Gasteiger partial charge >= 0.3 is 5.97 Å². The Balaban J connectivity index is 2.04. The van der Waals surface area contributed by atoms with Crippen molar-refractivity contribution in [3.8, 4) is 5.75 Å². The molecule has 0 bridgehead atoms. The van der Waals surface area contributed by atoms with Crippen molar-refractivity contribution < 1.29 is 19.1 Å². The second-order valence-corrected chi connectivity index (χ2v) is 6.95. The third-order valence-electron chi connectivity index (χ3n) is 4.55. The Morgan fingerprint density at radius 3 is 2.39 bits per heavy atom. The van der Waals surface area contributed by atoms with Gasteiger partial charge in [-0.3, -0.25) is 4.79 Å². The average molecular weight is 405 g/mol. The molecule has 0 aliphatic rings. The second-order valence-electron chi connectivity index (χ2n) is 6.54. The van der Waals surface area contributed by atoms with Gasteiger partial charge in [0.2, 0.25) is 0 Å². The summed E-state index contributed by atoms with van der Waals surface area (Å²) in [6.07, 6.45) is 0.0277. The Hall–Kier alpha value is -2.73. The molecule has 0 saturated carbocycles. The van der Waals surface area contributed by atoms with Crippen molar-refractivity contribution in [1.82, 2.24) is 0 Å². The molecule has 2 atom stereocenters. The number of hydrogen-bond acceptors (Lipinski definition) is 5. The van der Waals surface area contributed by atoms with E-state index in [1.165, 1.54) is 31.7 Å². The number of carbonyl (C=O) groups is 2. The van der Waals surface area contributed by atoms with E-state index >= 15 is 0 Å². The van der Waals surface area contributed by atoms with Crippen molar-refractivity contribution in [2.45, 2.75) is 39.2 Å². The van der Waals surface area contributed by atoms with E-state index in [2.05, 4.69) is 19.2 Å². The molecule has 150 valence electrons. The SMILES string of the molecule is CCC(C)c1ccc(NC(=O)C(C)OC(=O)c2cc(Cl)c(N)cc2OC)cc1. The third-order valence-corrected chi connectivity index (χ3v) is 4.88. The summed E-state index contributed by atoms with van der Waals surface area (Å²) in [4.78, 5) is 24.8. The fraction of sp³-hybridized carbons (Fsp3) is 0.333. The summed E-state index contributed by atoms with van der Waals surface area (Å²) in [5, 5.41) is 2.94.